The van der Waals surface area contributed by atoms with Crippen molar-refractivity contribution in [1.82, 2.24) is 25.1 Å². The van der Waals surface area contributed by atoms with Gasteiger partial charge in [0, 0.05) is 11.5 Å². The van der Waals surface area contributed by atoms with Crippen LogP contribution in [0.5, 0.6) is 0 Å². The van der Waals surface area contributed by atoms with Crippen LogP contribution in [0.25, 0.3) is 22.3 Å². The van der Waals surface area contributed by atoms with Gasteiger partial charge < -0.3 is 5.32 Å². The Labute approximate surface area is 141 Å². The van der Waals surface area contributed by atoms with Gasteiger partial charge in [0.25, 0.3) is 0 Å². The van der Waals surface area contributed by atoms with Crippen molar-refractivity contribution in [2.24, 2.45) is 0 Å². The van der Waals surface area contributed by atoms with Crippen molar-refractivity contribution < 1.29 is 8.78 Å². The first kappa shape index (κ1) is 15.1. The maximum atomic E-state index is 14.1. The normalized spacial score (nSPS) is 11.0. The van der Waals surface area contributed by atoms with Crippen LogP contribution in [0.4, 0.5) is 20.5 Å². The predicted octanol–water partition coefficient (Wildman–Crippen LogP) is 3.75. The van der Waals surface area contributed by atoms with Crippen molar-refractivity contribution in [3.63, 3.8) is 0 Å². The quantitative estimate of drug-likeness (QED) is 0.595. The van der Waals surface area contributed by atoms with Crippen LogP contribution in [0, 0.1) is 18.6 Å². The summed E-state index contributed by atoms with van der Waals surface area (Å²) in [6.45, 7) is 1.77. The number of rotatable bonds is 3. The minimum Gasteiger partial charge on any atom is -0.307 e. The highest BCUT2D eigenvalue weighted by molar-refractivity contribution is 5.91. The molecule has 0 aliphatic carbocycles. The molecule has 0 bridgehead atoms. The third kappa shape index (κ3) is 2.89. The summed E-state index contributed by atoms with van der Waals surface area (Å²) in [4.78, 5) is 13.0. The van der Waals surface area contributed by atoms with Gasteiger partial charge in [0.15, 0.2) is 5.82 Å². The molecular weight excluding hydrogens is 326 g/mol. The van der Waals surface area contributed by atoms with E-state index in [0.717, 1.165) is 11.5 Å². The maximum Gasteiger partial charge on any atom is 0.247 e. The number of para-hydroxylation sites is 1. The number of fused-ring (bicyclic) bond motifs is 1. The molecule has 0 unspecified atom stereocenters. The second kappa shape index (κ2) is 5.90. The second-order valence-corrected chi connectivity index (χ2v) is 5.41. The molecule has 2 aromatic carbocycles. The number of benzene rings is 2. The topological polar surface area (TPSA) is 79.4 Å². The Balaban J connectivity index is 1.88. The van der Waals surface area contributed by atoms with Crippen molar-refractivity contribution in [3.8, 4) is 11.4 Å². The highest BCUT2D eigenvalue weighted by Gasteiger charge is 2.14. The number of anilines is 2. The monoisotopic (exact) mass is 338 g/mol. The molecule has 6 nitrogen and oxygen atoms in total. The molecule has 0 amide bonds. The molecule has 0 aliphatic heterocycles. The van der Waals surface area contributed by atoms with E-state index in [0.29, 0.717) is 23.1 Å². The SMILES string of the molecule is Cc1nc(Nc2nc(-c3ccc(F)cc3F)nc3ccccc23)n[nH]1. The van der Waals surface area contributed by atoms with Gasteiger partial charge in [-0.15, -0.1) is 5.10 Å². The summed E-state index contributed by atoms with van der Waals surface area (Å²) in [5.41, 5.74) is 0.729. The zero-order valence-corrected chi connectivity index (χ0v) is 13.1. The van der Waals surface area contributed by atoms with Crippen molar-refractivity contribution in [3.05, 3.63) is 59.9 Å². The van der Waals surface area contributed by atoms with Crippen LogP contribution < -0.4 is 5.32 Å². The molecule has 0 saturated heterocycles. The standard InChI is InChI=1S/C17H12F2N6/c1-9-20-17(25-24-9)23-16-12-4-2-3-5-14(12)21-15(22-16)11-7-6-10(18)8-13(11)19/h2-8H,1H3,(H2,20,21,22,23,24,25). The summed E-state index contributed by atoms with van der Waals surface area (Å²) in [6.07, 6.45) is 0. The summed E-state index contributed by atoms with van der Waals surface area (Å²) >= 11 is 0. The number of halogens is 2. The van der Waals surface area contributed by atoms with E-state index in [-0.39, 0.29) is 11.4 Å². The molecule has 0 atom stereocenters. The number of aromatic amines is 1. The number of nitrogens with one attached hydrogen (secondary N) is 2. The van der Waals surface area contributed by atoms with E-state index < -0.39 is 11.6 Å². The van der Waals surface area contributed by atoms with Gasteiger partial charge in [0.1, 0.15) is 23.3 Å². The lowest BCUT2D eigenvalue weighted by Gasteiger charge is -2.09. The molecule has 8 heteroatoms. The molecule has 25 heavy (non-hydrogen) atoms. The minimum absolute atomic E-state index is 0.112. The van der Waals surface area contributed by atoms with Crippen LogP contribution in [-0.2, 0) is 0 Å². The van der Waals surface area contributed by atoms with E-state index >= 15 is 0 Å². The highest BCUT2D eigenvalue weighted by atomic mass is 19.1. The van der Waals surface area contributed by atoms with Crippen LogP contribution in [0.3, 0.4) is 0 Å². The summed E-state index contributed by atoms with van der Waals surface area (Å²) < 4.78 is 27.3. The first-order chi connectivity index (χ1) is 12.1. The summed E-state index contributed by atoms with van der Waals surface area (Å²) in [6, 6.07) is 10.6. The Morgan fingerprint density at radius 3 is 2.60 bits per heavy atom. The van der Waals surface area contributed by atoms with E-state index in [9.17, 15) is 8.78 Å². The van der Waals surface area contributed by atoms with E-state index in [1.54, 1.807) is 13.0 Å². The van der Waals surface area contributed by atoms with Crippen LogP contribution in [0.1, 0.15) is 5.82 Å². The maximum absolute atomic E-state index is 14.1. The molecule has 2 heterocycles. The van der Waals surface area contributed by atoms with Gasteiger partial charge in [-0.25, -0.2) is 18.7 Å². The fraction of sp³-hybridized carbons (Fsp3) is 0.0588. The molecule has 2 N–H and O–H groups in total. The molecule has 0 fully saturated rings. The van der Waals surface area contributed by atoms with Crippen molar-refractivity contribution in [2.45, 2.75) is 6.92 Å². The average Bonchev–Trinajstić information content (AvgIpc) is 2.99. The Morgan fingerprint density at radius 2 is 1.84 bits per heavy atom. The van der Waals surface area contributed by atoms with Gasteiger partial charge in [-0.3, -0.25) is 5.10 Å². The van der Waals surface area contributed by atoms with E-state index in [1.165, 1.54) is 12.1 Å². The third-order valence-electron chi connectivity index (χ3n) is 3.60. The second-order valence-electron chi connectivity index (χ2n) is 5.41. The van der Waals surface area contributed by atoms with Crippen molar-refractivity contribution >= 4 is 22.7 Å². The predicted molar refractivity (Wildman–Crippen MR) is 89.3 cm³/mol. The number of aryl methyl sites for hydroxylation is 1. The van der Waals surface area contributed by atoms with Crippen molar-refractivity contribution in [1.29, 1.82) is 0 Å². The molecule has 0 aliphatic rings. The van der Waals surface area contributed by atoms with E-state index in [4.69, 9.17) is 0 Å². The fourth-order valence-electron chi connectivity index (χ4n) is 2.47. The highest BCUT2D eigenvalue weighted by Crippen LogP contribution is 2.27. The number of nitrogens with zero attached hydrogens (tertiary/aromatic N) is 4. The number of hydrogen-bond acceptors (Lipinski definition) is 5. The van der Waals surface area contributed by atoms with Gasteiger partial charge in [-0.05, 0) is 31.2 Å². The first-order valence-corrected chi connectivity index (χ1v) is 7.48. The molecule has 0 spiro atoms. The van der Waals surface area contributed by atoms with Crippen molar-refractivity contribution in [2.75, 3.05) is 5.32 Å². The minimum atomic E-state index is -0.727. The largest absolute Gasteiger partial charge is 0.307 e. The number of H-pyrrole nitrogens is 1. The van der Waals surface area contributed by atoms with Gasteiger partial charge in [0.05, 0.1) is 11.1 Å². The van der Waals surface area contributed by atoms with Crippen LogP contribution in [0.2, 0.25) is 0 Å². The Morgan fingerprint density at radius 1 is 1.00 bits per heavy atom. The molecular formula is C17H12F2N6. The van der Waals surface area contributed by atoms with E-state index in [1.807, 2.05) is 18.2 Å². The lowest BCUT2D eigenvalue weighted by atomic mass is 10.1. The number of hydrogen-bond donors (Lipinski definition) is 2. The molecule has 4 aromatic rings. The zero-order valence-electron chi connectivity index (χ0n) is 13.1. The van der Waals surface area contributed by atoms with Crippen LogP contribution >= 0.6 is 0 Å². The first-order valence-electron chi connectivity index (χ1n) is 7.48. The van der Waals surface area contributed by atoms with E-state index in [2.05, 4.69) is 30.5 Å². The smallest absolute Gasteiger partial charge is 0.247 e. The lowest BCUT2D eigenvalue weighted by molar-refractivity contribution is 0.585. The lowest BCUT2D eigenvalue weighted by Crippen LogP contribution is -2.01. The molecule has 4 rings (SSSR count). The molecule has 124 valence electrons. The molecule has 2 aromatic heterocycles. The Hall–Kier alpha value is -3.42. The summed E-state index contributed by atoms with van der Waals surface area (Å²) in [5, 5.41) is 10.5. The molecule has 0 radical (unpaired) electrons. The zero-order chi connectivity index (χ0) is 17.4. The van der Waals surface area contributed by atoms with Gasteiger partial charge in [-0.1, -0.05) is 12.1 Å². The molecule has 0 saturated carbocycles. The third-order valence-corrected chi connectivity index (χ3v) is 3.60. The summed E-state index contributed by atoms with van der Waals surface area (Å²) in [5.74, 6) is 0.179. The van der Waals surface area contributed by atoms with Crippen LogP contribution in [0.15, 0.2) is 42.5 Å². The Bertz CT molecular complexity index is 1080. The Kier molecular flexibility index (Phi) is 3.57. The number of aromatic nitrogens is 5. The van der Waals surface area contributed by atoms with Gasteiger partial charge in [-0.2, -0.15) is 4.98 Å². The van der Waals surface area contributed by atoms with Crippen LogP contribution in [-0.4, -0.2) is 25.1 Å². The van der Waals surface area contributed by atoms with Gasteiger partial charge in [0.2, 0.25) is 5.95 Å². The van der Waals surface area contributed by atoms with Gasteiger partial charge >= 0.3 is 0 Å². The summed E-state index contributed by atoms with van der Waals surface area (Å²) in [7, 11) is 0. The fourth-order valence-corrected chi connectivity index (χ4v) is 2.47. The average molecular weight is 338 g/mol.